The first-order valence-electron chi connectivity index (χ1n) is 18.7. The van der Waals surface area contributed by atoms with Crippen molar-refractivity contribution in [3.05, 3.63) is 194 Å². The Morgan fingerprint density at radius 3 is 1.20 bits per heavy atom. The van der Waals surface area contributed by atoms with Crippen LogP contribution in [0.5, 0.6) is 0 Å². The summed E-state index contributed by atoms with van der Waals surface area (Å²) >= 11 is 0. The Balaban J connectivity index is 1.11. The van der Waals surface area contributed by atoms with Crippen LogP contribution in [0.1, 0.15) is 0 Å². The number of para-hydroxylation sites is 2. The molecule has 0 aliphatic carbocycles. The van der Waals surface area contributed by atoms with E-state index in [1.54, 1.807) is 0 Å². The molecule has 0 saturated carbocycles. The van der Waals surface area contributed by atoms with E-state index in [4.69, 9.17) is 0 Å². The fourth-order valence-corrected chi connectivity index (χ4v) is 9.26. The molecule has 0 aliphatic rings. The Morgan fingerprint density at radius 1 is 0.222 bits per heavy atom. The molecule has 2 nitrogen and oxygen atoms in total. The predicted molar refractivity (Wildman–Crippen MR) is 231 cm³/mol. The van der Waals surface area contributed by atoms with Gasteiger partial charge in [0, 0.05) is 32.3 Å². The fraction of sp³-hybridized carbons (Fsp3) is 0. The van der Waals surface area contributed by atoms with E-state index in [1.165, 1.54) is 109 Å². The Labute approximate surface area is 311 Å². The van der Waals surface area contributed by atoms with Crippen molar-refractivity contribution in [1.82, 2.24) is 9.13 Å². The van der Waals surface area contributed by atoms with Crippen molar-refractivity contribution >= 4 is 86.7 Å². The van der Waals surface area contributed by atoms with Crippen molar-refractivity contribution in [3.8, 4) is 22.5 Å². The van der Waals surface area contributed by atoms with E-state index in [9.17, 15) is 0 Å². The molecular weight excluding hydrogens is 653 g/mol. The average Bonchev–Trinajstić information content (AvgIpc) is 3.75. The normalized spacial score (nSPS) is 12.1. The van der Waals surface area contributed by atoms with Gasteiger partial charge in [0.25, 0.3) is 0 Å². The average molecular weight is 685 g/mol. The van der Waals surface area contributed by atoms with Gasteiger partial charge in [0.1, 0.15) is 0 Å². The second kappa shape index (κ2) is 11.2. The lowest BCUT2D eigenvalue weighted by atomic mass is 9.99. The van der Waals surface area contributed by atoms with Crippen LogP contribution >= 0.6 is 0 Å². The molecule has 2 heterocycles. The highest BCUT2D eigenvalue weighted by Crippen LogP contribution is 2.42. The van der Waals surface area contributed by atoms with Gasteiger partial charge in [-0.15, -0.1) is 0 Å². The van der Waals surface area contributed by atoms with Crippen LogP contribution in [0.3, 0.4) is 0 Å². The van der Waals surface area contributed by atoms with Gasteiger partial charge in [0.2, 0.25) is 0 Å². The van der Waals surface area contributed by atoms with Gasteiger partial charge in [-0.1, -0.05) is 152 Å². The number of hydrogen-bond acceptors (Lipinski definition) is 0. The zero-order valence-electron chi connectivity index (χ0n) is 29.4. The Bertz CT molecular complexity index is 3510. The van der Waals surface area contributed by atoms with Crippen molar-refractivity contribution in [1.29, 1.82) is 0 Å². The van der Waals surface area contributed by atoms with Crippen molar-refractivity contribution in [2.24, 2.45) is 0 Å². The number of fused-ring (bicyclic) bond motifs is 12. The van der Waals surface area contributed by atoms with E-state index in [1.807, 2.05) is 0 Å². The van der Waals surface area contributed by atoms with Gasteiger partial charge in [-0.25, -0.2) is 0 Å². The van der Waals surface area contributed by atoms with Crippen LogP contribution < -0.4 is 0 Å². The summed E-state index contributed by atoms with van der Waals surface area (Å²) in [6.07, 6.45) is 0. The molecule has 12 aromatic rings. The molecule has 2 aromatic heterocycles. The predicted octanol–water partition coefficient (Wildman–Crippen LogP) is 14.2. The van der Waals surface area contributed by atoms with Gasteiger partial charge in [-0.3, -0.25) is 0 Å². The molecule has 0 bridgehead atoms. The van der Waals surface area contributed by atoms with Crippen LogP contribution in [-0.4, -0.2) is 9.13 Å². The molecule has 0 radical (unpaired) electrons. The summed E-state index contributed by atoms with van der Waals surface area (Å²) in [6.45, 7) is 0. The highest BCUT2D eigenvalue weighted by Gasteiger charge is 2.19. The molecule has 0 amide bonds. The standard InChI is InChI=1S/C52H32N2/c1-3-15-37-35(13-1)31-51(41-19-7-5-17-39(37)41)53-48-24-12-10-22-44(48)46-29-33(26-28-49(46)53)34-25-27-45-43-21-9-11-23-47(43)54(50(45)30-34)52-32-36-14-2-4-16-38(36)40-18-6-8-20-42(40)52/h1-32H. The Morgan fingerprint density at radius 2 is 0.611 bits per heavy atom. The van der Waals surface area contributed by atoms with Gasteiger partial charge in [0.05, 0.1) is 33.4 Å². The molecule has 12 rings (SSSR count). The fourth-order valence-electron chi connectivity index (χ4n) is 9.26. The molecule has 0 atom stereocenters. The Kier molecular flexibility index (Phi) is 6.09. The lowest BCUT2D eigenvalue weighted by molar-refractivity contribution is 1.20. The van der Waals surface area contributed by atoms with Crippen molar-refractivity contribution in [2.45, 2.75) is 0 Å². The van der Waals surface area contributed by atoms with Crippen LogP contribution in [0.15, 0.2) is 194 Å². The maximum atomic E-state index is 2.48. The molecule has 0 saturated heterocycles. The molecule has 0 fully saturated rings. The minimum Gasteiger partial charge on any atom is -0.309 e. The summed E-state index contributed by atoms with van der Waals surface area (Å²) in [5.74, 6) is 0. The summed E-state index contributed by atoms with van der Waals surface area (Å²) in [5, 5.41) is 15.1. The van der Waals surface area contributed by atoms with E-state index >= 15 is 0 Å². The third kappa shape index (κ3) is 4.11. The topological polar surface area (TPSA) is 9.86 Å². The maximum absolute atomic E-state index is 2.48. The number of hydrogen-bond donors (Lipinski definition) is 0. The van der Waals surface area contributed by atoms with Crippen molar-refractivity contribution in [2.75, 3.05) is 0 Å². The number of benzene rings is 10. The molecule has 250 valence electrons. The van der Waals surface area contributed by atoms with Gasteiger partial charge >= 0.3 is 0 Å². The quantitative estimate of drug-likeness (QED) is 0.164. The smallest absolute Gasteiger partial charge is 0.0547 e. The van der Waals surface area contributed by atoms with Crippen molar-refractivity contribution in [3.63, 3.8) is 0 Å². The van der Waals surface area contributed by atoms with Gasteiger partial charge < -0.3 is 9.13 Å². The minimum absolute atomic E-state index is 1.20. The number of rotatable bonds is 3. The molecule has 0 spiro atoms. The summed E-state index contributed by atoms with van der Waals surface area (Å²) in [7, 11) is 0. The van der Waals surface area contributed by atoms with E-state index in [0.29, 0.717) is 0 Å². The largest absolute Gasteiger partial charge is 0.309 e. The summed E-state index contributed by atoms with van der Waals surface area (Å²) < 4.78 is 4.95. The minimum atomic E-state index is 1.20. The van der Waals surface area contributed by atoms with Crippen LogP contribution in [0.4, 0.5) is 0 Å². The molecule has 54 heavy (non-hydrogen) atoms. The highest BCUT2D eigenvalue weighted by atomic mass is 15.0. The zero-order valence-corrected chi connectivity index (χ0v) is 29.4. The van der Waals surface area contributed by atoms with Crippen molar-refractivity contribution < 1.29 is 0 Å². The first-order chi connectivity index (χ1) is 26.8. The van der Waals surface area contributed by atoms with Gasteiger partial charge in [-0.05, 0) is 85.9 Å². The first kappa shape index (κ1) is 29.4. The molecule has 0 unspecified atom stereocenters. The second-order valence-electron chi connectivity index (χ2n) is 14.5. The maximum Gasteiger partial charge on any atom is 0.0547 e. The molecule has 2 heteroatoms. The SMILES string of the molecule is c1ccc2c(c1)cc(-n1c3ccccc3c3cc(-c4ccc5c6ccccc6n(-c6cc7ccccc7c7ccccc67)c5c4)ccc31)c1ccccc12. The third-order valence-corrected chi connectivity index (χ3v) is 11.7. The van der Waals surface area contributed by atoms with Crippen LogP contribution in [0, 0.1) is 0 Å². The van der Waals surface area contributed by atoms with E-state index in [-0.39, 0.29) is 0 Å². The first-order valence-corrected chi connectivity index (χ1v) is 18.7. The summed E-state index contributed by atoms with van der Waals surface area (Å²) in [5.41, 5.74) is 9.65. The Hall–Kier alpha value is -7.16. The number of nitrogens with zero attached hydrogens (tertiary/aromatic N) is 2. The highest BCUT2D eigenvalue weighted by molar-refractivity contribution is 6.17. The lowest BCUT2D eigenvalue weighted by Crippen LogP contribution is -1.96. The van der Waals surface area contributed by atoms with Gasteiger partial charge in [-0.2, -0.15) is 0 Å². The summed E-state index contributed by atoms with van der Waals surface area (Å²) in [6, 6.07) is 71.6. The number of aromatic nitrogens is 2. The lowest BCUT2D eigenvalue weighted by Gasteiger charge is -2.15. The monoisotopic (exact) mass is 684 g/mol. The van der Waals surface area contributed by atoms with Crippen LogP contribution in [0.25, 0.3) is 109 Å². The third-order valence-electron chi connectivity index (χ3n) is 11.7. The van der Waals surface area contributed by atoms with Crippen LogP contribution in [-0.2, 0) is 0 Å². The molecule has 10 aromatic carbocycles. The summed E-state index contributed by atoms with van der Waals surface area (Å²) in [4.78, 5) is 0. The van der Waals surface area contributed by atoms with Crippen LogP contribution in [0.2, 0.25) is 0 Å². The van der Waals surface area contributed by atoms with E-state index in [0.717, 1.165) is 0 Å². The molecular formula is C52H32N2. The molecule has 0 aliphatic heterocycles. The second-order valence-corrected chi connectivity index (χ2v) is 14.5. The van der Waals surface area contributed by atoms with E-state index in [2.05, 4.69) is 203 Å². The molecule has 0 N–H and O–H groups in total. The van der Waals surface area contributed by atoms with Gasteiger partial charge in [0.15, 0.2) is 0 Å². The zero-order chi connectivity index (χ0) is 35.3. The van der Waals surface area contributed by atoms with E-state index < -0.39 is 0 Å².